The second kappa shape index (κ2) is 8.19. The molecule has 0 aliphatic heterocycles. The Morgan fingerprint density at radius 2 is 2.00 bits per heavy atom. The maximum absolute atomic E-state index is 10.8. The molecule has 27 heavy (non-hydrogen) atoms. The lowest BCUT2D eigenvalue weighted by atomic mass is 10.2. The largest absolute Gasteiger partial charge is 0.394 e. The van der Waals surface area contributed by atoms with Crippen LogP contribution < -0.4 is 10.6 Å². The van der Waals surface area contributed by atoms with Crippen LogP contribution in [0.2, 0.25) is 0 Å². The molecular weight excluding hydrogens is 348 g/mol. The molecule has 138 valence electrons. The van der Waals surface area contributed by atoms with Gasteiger partial charge in [0.25, 0.3) is 5.69 Å². The van der Waals surface area contributed by atoms with Crippen molar-refractivity contribution in [2.75, 3.05) is 17.2 Å². The summed E-state index contributed by atoms with van der Waals surface area (Å²) < 4.78 is 0. The average Bonchev–Trinajstić information content (AvgIpc) is 2.69. The van der Waals surface area contributed by atoms with Gasteiger partial charge in [-0.3, -0.25) is 15.1 Å². The molecule has 3 rings (SSSR count). The number of pyridine rings is 1. The predicted octanol–water partition coefficient (Wildman–Crippen LogP) is 2.98. The number of aromatic nitrogens is 3. The van der Waals surface area contributed by atoms with E-state index in [1.165, 1.54) is 12.1 Å². The molecule has 0 aliphatic carbocycles. The van der Waals surface area contributed by atoms with Crippen molar-refractivity contribution in [3.05, 3.63) is 65.0 Å². The molecule has 0 fully saturated rings. The Labute approximate surface area is 155 Å². The van der Waals surface area contributed by atoms with Crippen LogP contribution in [0.5, 0.6) is 0 Å². The third kappa shape index (κ3) is 4.73. The predicted molar refractivity (Wildman–Crippen MR) is 102 cm³/mol. The number of nitro benzene ring substituents is 1. The van der Waals surface area contributed by atoms with Gasteiger partial charge in [-0.15, -0.1) is 0 Å². The van der Waals surface area contributed by atoms with E-state index in [9.17, 15) is 15.2 Å². The van der Waals surface area contributed by atoms with E-state index in [0.29, 0.717) is 23.1 Å². The van der Waals surface area contributed by atoms with Crippen LogP contribution in [0.3, 0.4) is 0 Å². The number of hydrogen-bond donors (Lipinski definition) is 3. The first-order valence-electron chi connectivity index (χ1n) is 8.23. The standard InChI is InChI=1S/C18H18N6O3/c1-12(11-25)20-18-22-16(13-3-2-8-19-10-13)9-17(23-18)21-14-4-6-15(7-5-14)24(26)27/h2-10,12,25H,11H2,1H3,(H2,20,21,22,23)/t12-/m0/s1. The number of anilines is 3. The monoisotopic (exact) mass is 366 g/mol. The Morgan fingerprint density at radius 1 is 1.22 bits per heavy atom. The number of nitro groups is 1. The molecular formula is C18H18N6O3. The molecule has 1 aromatic carbocycles. The summed E-state index contributed by atoms with van der Waals surface area (Å²) in [5, 5.41) is 26.2. The van der Waals surface area contributed by atoms with Gasteiger partial charge in [-0.25, -0.2) is 4.98 Å². The van der Waals surface area contributed by atoms with Gasteiger partial charge < -0.3 is 15.7 Å². The van der Waals surface area contributed by atoms with Crippen LogP contribution >= 0.6 is 0 Å². The molecule has 0 saturated heterocycles. The van der Waals surface area contributed by atoms with E-state index in [-0.39, 0.29) is 18.3 Å². The van der Waals surface area contributed by atoms with Gasteiger partial charge in [0.05, 0.1) is 17.2 Å². The highest BCUT2D eigenvalue weighted by atomic mass is 16.6. The zero-order chi connectivity index (χ0) is 19.2. The van der Waals surface area contributed by atoms with Crippen LogP contribution in [-0.4, -0.2) is 37.6 Å². The van der Waals surface area contributed by atoms with E-state index in [1.54, 1.807) is 30.6 Å². The van der Waals surface area contributed by atoms with Crippen LogP contribution in [0.25, 0.3) is 11.3 Å². The summed E-state index contributed by atoms with van der Waals surface area (Å²) in [6.07, 6.45) is 3.37. The van der Waals surface area contributed by atoms with Crippen molar-refractivity contribution in [1.29, 1.82) is 0 Å². The van der Waals surface area contributed by atoms with Gasteiger partial charge in [-0.05, 0) is 31.2 Å². The highest BCUT2D eigenvalue weighted by molar-refractivity contribution is 5.67. The van der Waals surface area contributed by atoms with E-state index in [2.05, 4.69) is 25.6 Å². The maximum Gasteiger partial charge on any atom is 0.269 e. The Kier molecular flexibility index (Phi) is 5.53. The maximum atomic E-state index is 10.8. The molecule has 0 spiro atoms. The molecule has 0 unspecified atom stereocenters. The van der Waals surface area contributed by atoms with Crippen molar-refractivity contribution in [1.82, 2.24) is 15.0 Å². The molecule has 9 heteroatoms. The van der Waals surface area contributed by atoms with Crippen LogP contribution in [0.1, 0.15) is 6.92 Å². The van der Waals surface area contributed by atoms with E-state index in [4.69, 9.17) is 0 Å². The summed E-state index contributed by atoms with van der Waals surface area (Å²) in [5.41, 5.74) is 2.12. The van der Waals surface area contributed by atoms with Crippen LogP contribution in [0.4, 0.5) is 23.1 Å². The smallest absolute Gasteiger partial charge is 0.269 e. The van der Waals surface area contributed by atoms with E-state index in [1.807, 2.05) is 19.1 Å². The summed E-state index contributed by atoms with van der Waals surface area (Å²) in [4.78, 5) is 23.3. The Bertz CT molecular complexity index is 918. The number of nitrogens with one attached hydrogen (secondary N) is 2. The second-order valence-corrected chi connectivity index (χ2v) is 5.86. The summed E-state index contributed by atoms with van der Waals surface area (Å²) in [7, 11) is 0. The molecule has 3 aromatic rings. The van der Waals surface area contributed by atoms with E-state index in [0.717, 1.165) is 5.56 Å². The van der Waals surface area contributed by atoms with Gasteiger partial charge >= 0.3 is 0 Å². The van der Waals surface area contributed by atoms with Crippen LogP contribution in [0, 0.1) is 10.1 Å². The number of aliphatic hydroxyl groups excluding tert-OH is 1. The van der Waals surface area contributed by atoms with Crippen molar-refractivity contribution < 1.29 is 10.0 Å². The first-order chi connectivity index (χ1) is 13.0. The summed E-state index contributed by atoms with van der Waals surface area (Å²) in [5.74, 6) is 0.854. The fraction of sp³-hybridized carbons (Fsp3) is 0.167. The highest BCUT2D eigenvalue weighted by Gasteiger charge is 2.10. The Morgan fingerprint density at radius 3 is 2.63 bits per heavy atom. The summed E-state index contributed by atoms with van der Waals surface area (Å²) in [6.45, 7) is 1.75. The number of aliphatic hydroxyl groups is 1. The SMILES string of the molecule is C[C@@H](CO)Nc1nc(Nc2ccc([N+](=O)[O-])cc2)cc(-c2cccnc2)n1. The molecule has 1 atom stereocenters. The molecule has 0 bridgehead atoms. The van der Waals surface area contributed by atoms with Crippen molar-refractivity contribution in [2.24, 2.45) is 0 Å². The fourth-order valence-corrected chi connectivity index (χ4v) is 2.32. The lowest BCUT2D eigenvalue weighted by Gasteiger charge is -2.14. The lowest BCUT2D eigenvalue weighted by Crippen LogP contribution is -2.21. The Balaban J connectivity index is 1.93. The van der Waals surface area contributed by atoms with Crippen molar-refractivity contribution in [3.8, 4) is 11.3 Å². The van der Waals surface area contributed by atoms with Gasteiger partial charge in [-0.2, -0.15) is 4.98 Å². The minimum Gasteiger partial charge on any atom is -0.394 e. The molecule has 0 radical (unpaired) electrons. The summed E-state index contributed by atoms with van der Waals surface area (Å²) >= 11 is 0. The van der Waals surface area contributed by atoms with Crippen molar-refractivity contribution in [3.63, 3.8) is 0 Å². The third-order valence-corrected chi connectivity index (χ3v) is 3.68. The molecule has 3 N–H and O–H groups in total. The number of non-ortho nitro benzene ring substituents is 1. The molecule has 0 aliphatic rings. The number of benzene rings is 1. The third-order valence-electron chi connectivity index (χ3n) is 3.68. The number of nitrogens with zero attached hydrogens (tertiary/aromatic N) is 4. The summed E-state index contributed by atoms with van der Waals surface area (Å²) in [6, 6.07) is 11.3. The molecule has 2 heterocycles. The van der Waals surface area contributed by atoms with Crippen LogP contribution in [-0.2, 0) is 0 Å². The van der Waals surface area contributed by atoms with Gasteiger partial charge in [0.15, 0.2) is 0 Å². The minimum atomic E-state index is -0.451. The molecule has 9 nitrogen and oxygen atoms in total. The zero-order valence-corrected chi connectivity index (χ0v) is 14.5. The quantitative estimate of drug-likeness (QED) is 0.430. The van der Waals surface area contributed by atoms with Gasteiger partial charge in [0.2, 0.25) is 5.95 Å². The second-order valence-electron chi connectivity index (χ2n) is 5.86. The number of hydrogen-bond acceptors (Lipinski definition) is 8. The number of rotatable bonds is 7. The Hall–Kier alpha value is -3.59. The minimum absolute atomic E-state index is 0.0124. The van der Waals surface area contributed by atoms with Crippen molar-refractivity contribution >= 4 is 23.1 Å². The topological polar surface area (TPSA) is 126 Å². The van der Waals surface area contributed by atoms with Gasteiger partial charge in [-0.1, -0.05) is 0 Å². The fourth-order valence-electron chi connectivity index (χ4n) is 2.32. The van der Waals surface area contributed by atoms with Gasteiger partial charge in [0.1, 0.15) is 5.82 Å². The average molecular weight is 366 g/mol. The first kappa shape index (κ1) is 18.2. The van der Waals surface area contributed by atoms with Crippen molar-refractivity contribution in [2.45, 2.75) is 13.0 Å². The normalized spacial score (nSPS) is 11.6. The zero-order valence-electron chi connectivity index (χ0n) is 14.5. The van der Waals surface area contributed by atoms with Gasteiger partial charge in [0, 0.05) is 47.9 Å². The molecule has 0 amide bonds. The molecule has 2 aromatic heterocycles. The highest BCUT2D eigenvalue weighted by Crippen LogP contribution is 2.24. The first-order valence-corrected chi connectivity index (χ1v) is 8.23. The van der Waals surface area contributed by atoms with E-state index >= 15 is 0 Å². The van der Waals surface area contributed by atoms with E-state index < -0.39 is 4.92 Å². The van der Waals surface area contributed by atoms with Crippen LogP contribution in [0.15, 0.2) is 54.9 Å². The lowest BCUT2D eigenvalue weighted by molar-refractivity contribution is -0.384. The molecule has 0 saturated carbocycles.